The number of carbonyl (C=O) groups excluding carboxylic acids is 3. The summed E-state index contributed by atoms with van der Waals surface area (Å²) in [5, 5.41) is 12.3. The molecule has 0 aliphatic rings. The third-order valence-corrected chi connectivity index (χ3v) is 3.86. The van der Waals surface area contributed by atoms with Gasteiger partial charge in [0.15, 0.2) is 11.9 Å². The maximum atomic E-state index is 12.2. The topological polar surface area (TPSA) is 92.7 Å². The summed E-state index contributed by atoms with van der Waals surface area (Å²) in [6.07, 6.45) is -1.09. The van der Waals surface area contributed by atoms with Gasteiger partial charge in [0.05, 0.1) is 0 Å². The number of rotatable bonds is 5. The van der Waals surface area contributed by atoms with Crippen LogP contribution in [0.4, 0.5) is 5.69 Å². The lowest BCUT2D eigenvalue weighted by molar-refractivity contribution is -0.123. The van der Waals surface area contributed by atoms with Gasteiger partial charge in [-0.2, -0.15) is 0 Å². The van der Waals surface area contributed by atoms with Crippen LogP contribution in [-0.2, 0) is 9.53 Å². The Bertz CT molecular complexity index is 834. The fourth-order valence-electron chi connectivity index (χ4n) is 2.01. The van der Waals surface area contributed by atoms with Crippen LogP contribution < -0.4 is 5.32 Å². The maximum Gasteiger partial charge on any atom is 0.342 e. The number of hydrogen-bond acceptors (Lipinski definition) is 5. The normalized spacial score (nSPS) is 11.5. The van der Waals surface area contributed by atoms with Gasteiger partial charge in [-0.1, -0.05) is 28.1 Å². The standard InChI is InChI=1S/C18H16BrNO5/c1-10(21)12-4-3-5-14(8-12)20-17(23)11(2)25-18(24)15-9-13(19)6-7-16(15)22/h3-9,11,22H,1-2H3,(H,20,23)/t11-/m0/s1. The van der Waals surface area contributed by atoms with Crippen LogP contribution in [0.15, 0.2) is 46.9 Å². The van der Waals surface area contributed by atoms with Crippen molar-refractivity contribution in [3.05, 3.63) is 58.1 Å². The third kappa shape index (κ3) is 4.90. The Hall–Kier alpha value is -2.67. The van der Waals surface area contributed by atoms with E-state index in [1.807, 2.05) is 0 Å². The van der Waals surface area contributed by atoms with Gasteiger partial charge < -0.3 is 15.2 Å². The van der Waals surface area contributed by atoms with E-state index in [0.29, 0.717) is 15.7 Å². The molecule has 0 radical (unpaired) electrons. The van der Waals surface area contributed by atoms with Crippen LogP contribution in [0.5, 0.6) is 5.75 Å². The minimum atomic E-state index is -1.09. The van der Waals surface area contributed by atoms with Gasteiger partial charge in [0.1, 0.15) is 11.3 Å². The van der Waals surface area contributed by atoms with E-state index in [1.165, 1.54) is 32.0 Å². The van der Waals surface area contributed by atoms with Gasteiger partial charge in [-0.15, -0.1) is 0 Å². The van der Waals surface area contributed by atoms with E-state index in [-0.39, 0.29) is 17.1 Å². The molecule has 1 atom stereocenters. The third-order valence-electron chi connectivity index (χ3n) is 3.37. The Morgan fingerprint density at radius 2 is 1.88 bits per heavy atom. The van der Waals surface area contributed by atoms with Crippen LogP contribution in [0.2, 0.25) is 0 Å². The molecule has 0 saturated heterocycles. The number of amides is 1. The highest BCUT2D eigenvalue weighted by Gasteiger charge is 2.21. The number of hydrogen-bond donors (Lipinski definition) is 2. The number of esters is 1. The summed E-state index contributed by atoms with van der Waals surface area (Å²) in [5.41, 5.74) is 0.833. The molecule has 0 heterocycles. The minimum Gasteiger partial charge on any atom is -0.507 e. The lowest BCUT2D eigenvalue weighted by Gasteiger charge is -2.14. The quantitative estimate of drug-likeness (QED) is 0.585. The van der Waals surface area contributed by atoms with Crippen molar-refractivity contribution in [3.8, 4) is 5.75 Å². The lowest BCUT2D eigenvalue weighted by atomic mass is 10.1. The van der Waals surface area contributed by atoms with Gasteiger partial charge in [0.2, 0.25) is 0 Å². The van der Waals surface area contributed by atoms with Crippen molar-refractivity contribution in [1.29, 1.82) is 0 Å². The lowest BCUT2D eigenvalue weighted by Crippen LogP contribution is -2.30. The van der Waals surface area contributed by atoms with Crippen LogP contribution >= 0.6 is 15.9 Å². The van der Waals surface area contributed by atoms with Crippen LogP contribution in [0.3, 0.4) is 0 Å². The highest BCUT2D eigenvalue weighted by Crippen LogP contribution is 2.23. The number of aromatic hydroxyl groups is 1. The van der Waals surface area contributed by atoms with Crippen LogP contribution in [0, 0.1) is 0 Å². The van der Waals surface area contributed by atoms with E-state index in [1.54, 1.807) is 24.3 Å². The first-order valence-electron chi connectivity index (χ1n) is 7.39. The van der Waals surface area contributed by atoms with E-state index < -0.39 is 18.0 Å². The molecule has 7 heteroatoms. The number of ether oxygens (including phenoxy) is 1. The number of carbonyl (C=O) groups is 3. The van der Waals surface area contributed by atoms with Crippen molar-refractivity contribution < 1.29 is 24.2 Å². The minimum absolute atomic E-state index is 0.0485. The Balaban J connectivity index is 2.05. The summed E-state index contributed by atoms with van der Waals surface area (Å²) in [6, 6.07) is 10.8. The Labute approximate surface area is 152 Å². The summed E-state index contributed by atoms with van der Waals surface area (Å²) in [7, 11) is 0. The van der Waals surface area contributed by atoms with Crippen LogP contribution in [0.1, 0.15) is 34.6 Å². The zero-order valence-electron chi connectivity index (χ0n) is 13.6. The van der Waals surface area contributed by atoms with Crippen molar-refractivity contribution in [2.75, 3.05) is 5.32 Å². The molecule has 2 rings (SSSR count). The van der Waals surface area contributed by atoms with Crippen LogP contribution in [0.25, 0.3) is 0 Å². The molecule has 1 amide bonds. The number of benzene rings is 2. The van der Waals surface area contributed by atoms with Crippen molar-refractivity contribution in [2.24, 2.45) is 0 Å². The molecule has 2 aromatic rings. The number of ketones is 1. The summed E-state index contributed by atoms with van der Waals surface area (Å²) in [5.74, 6) is -1.74. The summed E-state index contributed by atoms with van der Waals surface area (Å²) < 4.78 is 5.68. The molecule has 0 bridgehead atoms. The fraction of sp³-hybridized carbons (Fsp3) is 0.167. The molecule has 25 heavy (non-hydrogen) atoms. The summed E-state index contributed by atoms with van der Waals surface area (Å²) in [6.45, 7) is 2.84. The fourth-order valence-corrected chi connectivity index (χ4v) is 2.37. The molecule has 0 aliphatic heterocycles. The van der Waals surface area contributed by atoms with E-state index in [2.05, 4.69) is 21.2 Å². The van der Waals surface area contributed by atoms with Crippen molar-refractivity contribution in [3.63, 3.8) is 0 Å². The Morgan fingerprint density at radius 3 is 2.56 bits per heavy atom. The number of Topliss-reactive ketones (excluding diaryl/α,β-unsaturated/α-hetero) is 1. The Kier molecular flexibility index (Phi) is 5.93. The molecule has 0 aromatic heterocycles. The first-order valence-corrected chi connectivity index (χ1v) is 8.18. The average Bonchev–Trinajstić information content (AvgIpc) is 2.57. The van der Waals surface area contributed by atoms with Gasteiger partial charge >= 0.3 is 5.97 Å². The second-order valence-electron chi connectivity index (χ2n) is 5.34. The van der Waals surface area contributed by atoms with Gasteiger partial charge in [0, 0.05) is 15.7 Å². The van der Waals surface area contributed by atoms with Crippen molar-refractivity contribution in [1.82, 2.24) is 0 Å². The second kappa shape index (κ2) is 7.94. The molecule has 2 aromatic carbocycles. The highest BCUT2D eigenvalue weighted by atomic mass is 79.9. The molecule has 2 N–H and O–H groups in total. The molecular formula is C18H16BrNO5. The number of halogens is 1. The second-order valence-corrected chi connectivity index (χ2v) is 6.25. The smallest absolute Gasteiger partial charge is 0.342 e. The zero-order valence-corrected chi connectivity index (χ0v) is 15.2. The molecule has 0 fully saturated rings. The van der Waals surface area contributed by atoms with Gasteiger partial charge in [-0.05, 0) is 44.2 Å². The highest BCUT2D eigenvalue weighted by molar-refractivity contribution is 9.10. The number of nitrogens with one attached hydrogen (secondary N) is 1. The SMILES string of the molecule is CC(=O)c1cccc(NC(=O)[C@H](C)OC(=O)c2cc(Br)ccc2O)c1. The molecule has 130 valence electrons. The van der Waals surface area contributed by atoms with E-state index in [9.17, 15) is 19.5 Å². The molecular weight excluding hydrogens is 390 g/mol. The first-order chi connectivity index (χ1) is 11.8. The number of phenolic OH excluding ortho intramolecular Hbond substituents is 1. The van der Waals surface area contributed by atoms with E-state index >= 15 is 0 Å². The average molecular weight is 406 g/mol. The molecule has 0 unspecified atom stereocenters. The maximum absolute atomic E-state index is 12.2. The van der Waals surface area contributed by atoms with Crippen molar-refractivity contribution >= 4 is 39.3 Å². The van der Waals surface area contributed by atoms with E-state index in [4.69, 9.17) is 4.74 Å². The van der Waals surface area contributed by atoms with Crippen LogP contribution in [-0.4, -0.2) is 28.9 Å². The molecule has 0 saturated carbocycles. The van der Waals surface area contributed by atoms with E-state index in [0.717, 1.165) is 0 Å². The number of phenols is 1. The molecule has 0 aliphatic carbocycles. The predicted molar refractivity (Wildman–Crippen MR) is 95.8 cm³/mol. The largest absolute Gasteiger partial charge is 0.507 e. The molecule has 0 spiro atoms. The first kappa shape index (κ1) is 18.7. The van der Waals surface area contributed by atoms with Gasteiger partial charge in [-0.3, -0.25) is 9.59 Å². The monoisotopic (exact) mass is 405 g/mol. The van der Waals surface area contributed by atoms with Gasteiger partial charge in [0.25, 0.3) is 5.91 Å². The molecule has 6 nitrogen and oxygen atoms in total. The Morgan fingerprint density at radius 1 is 1.16 bits per heavy atom. The number of anilines is 1. The zero-order chi connectivity index (χ0) is 18.6. The predicted octanol–water partition coefficient (Wildman–Crippen LogP) is 3.54. The van der Waals surface area contributed by atoms with Crippen molar-refractivity contribution in [2.45, 2.75) is 20.0 Å². The summed E-state index contributed by atoms with van der Waals surface area (Å²) in [4.78, 5) is 35.6. The summed E-state index contributed by atoms with van der Waals surface area (Å²) >= 11 is 3.20. The van der Waals surface area contributed by atoms with Gasteiger partial charge in [-0.25, -0.2) is 4.79 Å².